The first kappa shape index (κ1) is 19.7. The molecule has 0 unspecified atom stereocenters. The molecular weight excluding hydrogens is 404 g/mol. The second-order valence-corrected chi connectivity index (χ2v) is 7.31. The number of rotatable bonds is 6. The number of carbonyl (C=O) groups excluding carboxylic acids is 1. The van der Waals surface area contributed by atoms with Gasteiger partial charge in [0, 0.05) is 46.8 Å². The van der Waals surface area contributed by atoms with Crippen molar-refractivity contribution in [3.8, 4) is 0 Å². The fourth-order valence-electron chi connectivity index (χ4n) is 3.52. The summed E-state index contributed by atoms with van der Waals surface area (Å²) in [5.74, 6) is -0.535. The number of fused-ring (bicyclic) bond motifs is 1. The van der Waals surface area contributed by atoms with E-state index in [0.717, 1.165) is 26.6 Å². The summed E-state index contributed by atoms with van der Waals surface area (Å²) in [6.07, 6.45) is 3.23. The number of aromatic nitrogens is 3. The van der Waals surface area contributed by atoms with Gasteiger partial charge in [-0.3, -0.25) is 19.1 Å². The first-order valence-corrected chi connectivity index (χ1v) is 9.77. The van der Waals surface area contributed by atoms with Crippen LogP contribution in [0.4, 0.5) is 0 Å². The zero-order valence-corrected chi connectivity index (χ0v) is 16.6. The van der Waals surface area contributed by atoms with Crippen molar-refractivity contribution in [1.29, 1.82) is 0 Å². The topological polar surface area (TPSA) is 99.8 Å². The van der Waals surface area contributed by atoms with Gasteiger partial charge in [0.05, 0.1) is 0 Å². The van der Waals surface area contributed by atoms with Crippen molar-refractivity contribution >= 4 is 28.4 Å². The van der Waals surface area contributed by atoms with Crippen LogP contribution in [0.2, 0.25) is 5.02 Å². The van der Waals surface area contributed by atoms with E-state index in [1.165, 1.54) is 12.3 Å². The van der Waals surface area contributed by atoms with Crippen LogP contribution in [0.1, 0.15) is 17.0 Å². The van der Waals surface area contributed by atoms with Gasteiger partial charge in [0.25, 0.3) is 5.56 Å². The minimum atomic E-state index is -0.628. The predicted molar refractivity (Wildman–Crippen MR) is 116 cm³/mol. The van der Waals surface area contributed by atoms with Crippen molar-refractivity contribution in [3.05, 3.63) is 104 Å². The molecular formula is C22H19ClN4O3. The fourth-order valence-corrected chi connectivity index (χ4v) is 3.79. The summed E-state index contributed by atoms with van der Waals surface area (Å²) in [5.41, 5.74) is 1.77. The van der Waals surface area contributed by atoms with Gasteiger partial charge in [-0.15, -0.1) is 0 Å². The van der Waals surface area contributed by atoms with E-state index in [4.69, 9.17) is 11.6 Å². The second kappa shape index (κ2) is 8.42. The zero-order chi connectivity index (χ0) is 21.1. The summed E-state index contributed by atoms with van der Waals surface area (Å²) in [5, 5.41) is 4.55. The smallest absolute Gasteiger partial charge is 0.328 e. The van der Waals surface area contributed by atoms with Crippen LogP contribution in [-0.4, -0.2) is 27.0 Å². The molecule has 2 aromatic carbocycles. The minimum absolute atomic E-state index is 0.189. The number of aromatic amines is 2. The molecule has 2 heterocycles. The lowest BCUT2D eigenvalue weighted by Gasteiger charge is -2.19. The number of nitrogens with zero attached hydrogens (tertiary/aromatic N) is 1. The molecule has 1 amide bonds. The minimum Gasteiger partial charge on any atom is -0.361 e. The van der Waals surface area contributed by atoms with E-state index in [1.807, 2.05) is 54.7 Å². The van der Waals surface area contributed by atoms with Crippen LogP contribution in [0.25, 0.3) is 10.9 Å². The number of nitrogens with one attached hydrogen (secondary N) is 3. The Morgan fingerprint density at radius 3 is 2.60 bits per heavy atom. The maximum atomic E-state index is 12.5. The Morgan fingerprint density at radius 1 is 1.03 bits per heavy atom. The monoisotopic (exact) mass is 422 g/mol. The molecule has 30 heavy (non-hydrogen) atoms. The third kappa shape index (κ3) is 4.06. The molecule has 2 aromatic heterocycles. The molecule has 0 aliphatic heterocycles. The van der Waals surface area contributed by atoms with Gasteiger partial charge in [0.2, 0.25) is 5.91 Å². The Morgan fingerprint density at radius 2 is 1.80 bits per heavy atom. The molecule has 0 radical (unpaired) electrons. The summed E-state index contributed by atoms with van der Waals surface area (Å²) in [4.78, 5) is 40.9. The fraction of sp³-hybridized carbons (Fsp3) is 0.136. The zero-order valence-electron chi connectivity index (χ0n) is 15.9. The number of H-pyrrole nitrogens is 2. The van der Waals surface area contributed by atoms with Crippen molar-refractivity contribution in [1.82, 2.24) is 19.9 Å². The lowest BCUT2D eigenvalue weighted by atomic mass is 9.90. The molecule has 7 nitrogen and oxygen atoms in total. The molecule has 3 N–H and O–H groups in total. The molecule has 0 spiro atoms. The summed E-state index contributed by atoms with van der Waals surface area (Å²) >= 11 is 6.47. The van der Waals surface area contributed by atoms with Gasteiger partial charge in [0.1, 0.15) is 6.54 Å². The maximum absolute atomic E-state index is 12.5. The number of para-hydroxylation sites is 1. The standard InChI is InChI=1S/C22H19ClN4O3/c23-18-7-3-1-5-14(18)16(17-11-24-19-8-4-2-6-15(17)19)12-25-21(29)13-27-10-9-20(28)26-22(27)30/h1-11,16,24H,12-13H2,(H,25,29)(H,26,28,30)/t16-/m1/s1. The number of benzene rings is 2. The van der Waals surface area contributed by atoms with E-state index in [0.29, 0.717) is 11.6 Å². The summed E-state index contributed by atoms with van der Waals surface area (Å²) in [6.45, 7) is 0.0985. The molecule has 8 heteroatoms. The Labute approximate surface area is 176 Å². The molecule has 0 fully saturated rings. The van der Waals surface area contributed by atoms with E-state index in [9.17, 15) is 14.4 Å². The van der Waals surface area contributed by atoms with Gasteiger partial charge in [-0.05, 0) is 23.3 Å². The second-order valence-electron chi connectivity index (χ2n) is 6.91. The van der Waals surface area contributed by atoms with Gasteiger partial charge >= 0.3 is 5.69 Å². The van der Waals surface area contributed by atoms with Gasteiger partial charge in [0.15, 0.2) is 0 Å². The first-order valence-electron chi connectivity index (χ1n) is 9.40. The van der Waals surface area contributed by atoms with Crippen molar-refractivity contribution < 1.29 is 4.79 Å². The molecule has 0 bridgehead atoms. The van der Waals surface area contributed by atoms with Crippen LogP contribution >= 0.6 is 11.6 Å². The van der Waals surface area contributed by atoms with Gasteiger partial charge in [-0.25, -0.2) is 4.79 Å². The summed E-state index contributed by atoms with van der Waals surface area (Å²) < 4.78 is 1.15. The average molecular weight is 423 g/mol. The van der Waals surface area contributed by atoms with Crippen LogP contribution in [0.5, 0.6) is 0 Å². The van der Waals surface area contributed by atoms with Crippen LogP contribution in [0.15, 0.2) is 76.6 Å². The lowest BCUT2D eigenvalue weighted by Crippen LogP contribution is -2.37. The average Bonchev–Trinajstić information content (AvgIpc) is 3.16. The highest BCUT2D eigenvalue weighted by Gasteiger charge is 2.21. The maximum Gasteiger partial charge on any atom is 0.328 e. The van der Waals surface area contributed by atoms with Gasteiger partial charge < -0.3 is 10.3 Å². The molecule has 0 aliphatic carbocycles. The largest absolute Gasteiger partial charge is 0.361 e. The van der Waals surface area contributed by atoms with Gasteiger partial charge in [-0.2, -0.15) is 0 Å². The molecule has 4 aromatic rings. The van der Waals surface area contributed by atoms with Crippen molar-refractivity contribution in [2.24, 2.45) is 0 Å². The molecule has 4 rings (SSSR count). The third-order valence-corrected chi connectivity index (χ3v) is 5.34. The Bertz CT molecular complexity index is 1320. The van der Waals surface area contributed by atoms with Crippen LogP contribution in [-0.2, 0) is 11.3 Å². The highest BCUT2D eigenvalue weighted by molar-refractivity contribution is 6.31. The number of hydrogen-bond donors (Lipinski definition) is 3. The number of amides is 1. The SMILES string of the molecule is O=C(Cn1ccc(=O)[nH]c1=O)NC[C@H](c1ccccc1Cl)c1c[nH]c2ccccc12. The predicted octanol–water partition coefficient (Wildman–Crippen LogP) is 2.62. The van der Waals surface area contributed by atoms with E-state index < -0.39 is 11.2 Å². The van der Waals surface area contributed by atoms with E-state index >= 15 is 0 Å². The van der Waals surface area contributed by atoms with Crippen molar-refractivity contribution in [2.45, 2.75) is 12.5 Å². The van der Waals surface area contributed by atoms with Crippen LogP contribution in [0.3, 0.4) is 0 Å². The number of carbonyl (C=O) groups is 1. The highest BCUT2D eigenvalue weighted by atomic mass is 35.5. The van der Waals surface area contributed by atoms with E-state index in [-0.39, 0.29) is 18.4 Å². The number of hydrogen-bond acceptors (Lipinski definition) is 3. The molecule has 1 atom stereocenters. The lowest BCUT2D eigenvalue weighted by molar-refractivity contribution is -0.121. The summed E-state index contributed by atoms with van der Waals surface area (Å²) in [6, 6.07) is 16.7. The van der Waals surface area contributed by atoms with Crippen molar-refractivity contribution in [2.75, 3.05) is 6.54 Å². The molecule has 0 saturated carbocycles. The van der Waals surface area contributed by atoms with E-state index in [2.05, 4.69) is 15.3 Å². The van der Waals surface area contributed by atoms with E-state index in [1.54, 1.807) is 0 Å². The van der Waals surface area contributed by atoms with Crippen LogP contribution < -0.4 is 16.6 Å². The Hall–Kier alpha value is -3.58. The number of halogens is 1. The summed E-state index contributed by atoms with van der Waals surface area (Å²) in [7, 11) is 0. The highest BCUT2D eigenvalue weighted by Crippen LogP contribution is 2.34. The molecule has 152 valence electrons. The Balaban J connectivity index is 1.61. The quantitative estimate of drug-likeness (QED) is 0.445. The van der Waals surface area contributed by atoms with Gasteiger partial charge in [-0.1, -0.05) is 48.0 Å². The van der Waals surface area contributed by atoms with Crippen molar-refractivity contribution in [3.63, 3.8) is 0 Å². The third-order valence-electron chi connectivity index (χ3n) is 4.99. The molecule has 0 aliphatic rings. The molecule has 0 saturated heterocycles. The first-order chi connectivity index (χ1) is 14.5. The Kier molecular flexibility index (Phi) is 5.54. The normalized spacial score (nSPS) is 12.0. The van der Waals surface area contributed by atoms with Crippen LogP contribution in [0, 0.1) is 0 Å².